The van der Waals surface area contributed by atoms with Crippen molar-refractivity contribution in [2.45, 2.75) is 26.6 Å². The number of nitrogens with one attached hydrogen (secondary N) is 2. The number of pyridine rings is 1. The van der Waals surface area contributed by atoms with Crippen molar-refractivity contribution >= 4 is 32.4 Å². The first-order valence-corrected chi connectivity index (χ1v) is 13.1. The van der Waals surface area contributed by atoms with E-state index in [1.165, 1.54) is 6.33 Å². The third kappa shape index (κ3) is 6.53. The molecule has 1 atom stereocenters. The van der Waals surface area contributed by atoms with Gasteiger partial charge in [0.25, 0.3) is 0 Å². The summed E-state index contributed by atoms with van der Waals surface area (Å²) in [6.45, 7) is 4.75. The van der Waals surface area contributed by atoms with Crippen LogP contribution in [0.3, 0.4) is 0 Å². The molecule has 184 valence electrons. The minimum absolute atomic E-state index is 0.338. The molecule has 4 aromatic rings. The Bertz CT molecular complexity index is 1420. The Balaban J connectivity index is 1.47. The first kappa shape index (κ1) is 24.6. The summed E-state index contributed by atoms with van der Waals surface area (Å²) in [4.78, 5) is 13.0. The van der Waals surface area contributed by atoms with Crippen molar-refractivity contribution in [2.24, 2.45) is 0 Å². The Morgan fingerprint density at radius 3 is 2.66 bits per heavy atom. The number of ether oxygens (including phenoxy) is 1. The van der Waals surface area contributed by atoms with E-state index in [4.69, 9.17) is 4.74 Å². The maximum absolute atomic E-state index is 11.3. The van der Waals surface area contributed by atoms with Gasteiger partial charge in [-0.2, -0.15) is 0 Å². The van der Waals surface area contributed by atoms with E-state index in [1.54, 1.807) is 6.20 Å². The summed E-state index contributed by atoms with van der Waals surface area (Å²) in [7, 11) is -3.27. The zero-order chi connectivity index (χ0) is 25.0. The van der Waals surface area contributed by atoms with Crippen molar-refractivity contribution in [1.29, 1.82) is 0 Å². The molecule has 3 heterocycles. The number of aliphatic hydroxyl groups excluding tert-OH is 1. The summed E-state index contributed by atoms with van der Waals surface area (Å²) in [6, 6.07) is 11.4. The average Bonchev–Trinajstić information content (AvgIpc) is 3.20. The van der Waals surface area contributed by atoms with Crippen LogP contribution in [0.4, 0.5) is 11.5 Å². The Morgan fingerprint density at radius 2 is 1.94 bits per heavy atom. The van der Waals surface area contributed by atoms with Gasteiger partial charge in [0.15, 0.2) is 15.7 Å². The lowest BCUT2D eigenvalue weighted by Gasteiger charge is -2.14. The molecule has 0 fully saturated rings. The number of rotatable bonds is 10. The van der Waals surface area contributed by atoms with Crippen molar-refractivity contribution in [2.75, 3.05) is 23.9 Å². The topological polar surface area (TPSA) is 131 Å². The fourth-order valence-corrected chi connectivity index (χ4v) is 4.32. The van der Waals surface area contributed by atoms with Crippen LogP contribution >= 0.6 is 0 Å². The molecule has 4 rings (SSSR count). The third-order valence-electron chi connectivity index (χ3n) is 5.29. The van der Waals surface area contributed by atoms with E-state index in [1.807, 2.05) is 61.0 Å². The van der Waals surface area contributed by atoms with Crippen LogP contribution in [0, 0.1) is 13.8 Å². The van der Waals surface area contributed by atoms with Crippen LogP contribution in [0.1, 0.15) is 11.3 Å². The number of aryl methyl sites for hydroxylation is 2. The fourth-order valence-electron chi connectivity index (χ4n) is 3.63. The lowest BCUT2D eigenvalue weighted by molar-refractivity contribution is 0.158. The molecule has 0 aliphatic heterocycles. The molecule has 11 heteroatoms. The number of nitrogens with zero attached hydrogens (tertiary/aromatic N) is 4. The van der Waals surface area contributed by atoms with E-state index in [9.17, 15) is 13.5 Å². The molecule has 0 spiro atoms. The van der Waals surface area contributed by atoms with E-state index < -0.39 is 16.1 Å². The van der Waals surface area contributed by atoms with Gasteiger partial charge in [0.2, 0.25) is 0 Å². The lowest BCUT2D eigenvalue weighted by Crippen LogP contribution is -2.36. The van der Waals surface area contributed by atoms with Gasteiger partial charge in [-0.25, -0.2) is 18.4 Å². The SMILES string of the molecule is Cc1ccc(Oc2ccc(Nc3ncnc4ccn(CCNC(O)CS(C)(=O)=O)c34)cc2C)cn1. The minimum atomic E-state index is -3.27. The highest BCUT2D eigenvalue weighted by atomic mass is 32.2. The van der Waals surface area contributed by atoms with Gasteiger partial charge in [0.1, 0.15) is 29.6 Å². The predicted octanol–water partition coefficient (Wildman–Crippen LogP) is 2.93. The lowest BCUT2D eigenvalue weighted by atomic mass is 10.2. The van der Waals surface area contributed by atoms with Crippen molar-refractivity contribution < 1.29 is 18.3 Å². The van der Waals surface area contributed by atoms with E-state index >= 15 is 0 Å². The van der Waals surface area contributed by atoms with E-state index in [2.05, 4.69) is 25.6 Å². The number of benzene rings is 1. The largest absolute Gasteiger partial charge is 0.455 e. The Labute approximate surface area is 203 Å². The van der Waals surface area contributed by atoms with Crippen LogP contribution in [0.15, 0.2) is 55.1 Å². The number of aromatic nitrogens is 4. The summed E-state index contributed by atoms with van der Waals surface area (Å²) in [5.74, 6) is 1.70. The molecule has 0 bridgehead atoms. The second-order valence-corrected chi connectivity index (χ2v) is 10.6. The van der Waals surface area contributed by atoms with Crippen LogP contribution in [0.25, 0.3) is 11.0 Å². The second kappa shape index (κ2) is 10.4. The molecule has 35 heavy (non-hydrogen) atoms. The maximum Gasteiger partial charge on any atom is 0.158 e. The molecule has 1 aromatic carbocycles. The molecule has 0 radical (unpaired) electrons. The normalized spacial score (nSPS) is 12.6. The third-order valence-corrected chi connectivity index (χ3v) is 6.21. The Kier molecular flexibility index (Phi) is 7.29. The van der Waals surface area contributed by atoms with Gasteiger partial charge >= 0.3 is 0 Å². The summed E-state index contributed by atoms with van der Waals surface area (Å²) in [6.07, 6.45) is 5.04. The van der Waals surface area contributed by atoms with Crippen LogP contribution in [0.5, 0.6) is 11.5 Å². The quantitative estimate of drug-likeness (QED) is 0.284. The van der Waals surface area contributed by atoms with Crippen molar-refractivity contribution in [3.8, 4) is 11.5 Å². The number of aliphatic hydroxyl groups is 1. The Morgan fingerprint density at radius 1 is 1.11 bits per heavy atom. The zero-order valence-corrected chi connectivity index (χ0v) is 20.6. The highest BCUT2D eigenvalue weighted by Gasteiger charge is 2.13. The number of fused-ring (bicyclic) bond motifs is 1. The smallest absolute Gasteiger partial charge is 0.158 e. The standard InChI is InChI=1S/C24H28N6O4S/c1-16-12-18(5-7-21(16)34-19-6-4-17(2)26-13-19)29-24-23-20(27-15-28-24)8-10-30(23)11-9-25-22(31)14-35(3,32)33/h4-8,10,12-13,15,22,25,31H,9,11,14H2,1-3H3,(H,27,28,29). The highest BCUT2D eigenvalue weighted by molar-refractivity contribution is 7.90. The number of anilines is 2. The number of sulfone groups is 1. The van der Waals surface area contributed by atoms with Crippen molar-refractivity contribution in [1.82, 2.24) is 24.8 Å². The van der Waals surface area contributed by atoms with Gasteiger partial charge in [-0.3, -0.25) is 10.3 Å². The van der Waals surface area contributed by atoms with E-state index in [-0.39, 0.29) is 5.75 Å². The molecular weight excluding hydrogens is 468 g/mol. The number of hydrogen-bond acceptors (Lipinski definition) is 9. The van der Waals surface area contributed by atoms with Crippen LogP contribution in [-0.4, -0.2) is 57.8 Å². The van der Waals surface area contributed by atoms with E-state index in [0.717, 1.165) is 40.0 Å². The van der Waals surface area contributed by atoms with Gasteiger partial charge < -0.3 is 19.7 Å². The maximum atomic E-state index is 11.3. The predicted molar refractivity (Wildman–Crippen MR) is 135 cm³/mol. The van der Waals surface area contributed by atoms with Crippen molar-refractivity contribution in [3.63, 3.8) is 0 Å². The van der Waals surface area contributed by atoms with E-state index in [0.29, 0.717) is 24.7 Å². The molecule has 0 amide bonds. The van der Waals surface area contributed by atoms with Crippen LogP contribution in [0.2, 0.25) is 0 Å². The summed E-state index contributed by atoms with van der Waals surface area (Å²) < 4.78 is 30.6. The molecule has 3 N–H and O–H groups in total. The van der Waals surface area contributed by atoms with Gasteiger partial charge in [-0.15, -0.1) is 0 Å². The van der Waals surface area contributed by atoms with Gasteiger partial charge in [0, 0.05) is 36.9 Å². The van der Waals surface area contributed by atoms with Gasteiger partial charge in [-0.1, -0.05) is 0 Å². The summed E-state index contributed by atoms with van der Waals surface area (Å²) in [5.41, 5.74) is 4.28. The molecule has 3 aromatic heterocycles. The number of hydrogen-bond donors (Lipinski definition) is 3. The highest BCUT2D eigenvalue weighted by Crippen LogP contribution is 2.29. The van der Waals surface area contributed by atoms with Crippen LogP contribution < -0.4 is 15.4 Å². The first-order chi connectivity index (χ1) is 16.7. The summed E-state index contributed by atoms with van der Waals surface area (Å²) >= 11 is 0. The molecule has 0 saturated heterocycles. The summed E-state index contributed by atoms with van der Waals surface area (Å²) in [5, 5.41) is 16.1. The second-order valence-electron chi connectivity index (χ2n) is 8.37. The molecule has 1 unspecified atom stereocenters. The molecule has 0 aliphatic rings. The zero-order valence-electron chi connectivity index (χ0n) is 19.8. The molecular formula is C24H28N6O4S. The average molecular weight is 497 g/mol. The first-order valence-electron chi connectivity index (χ1n) is 11.1. The molecule has 0 saturated carbocycles. The van der Waals surface area contributed by atoms with Crippen molar-refractivity contribution in [3.05, 3.63) is 66.4 Å². The Hall–Kier alpha value is -3.54. The van der Waals surface area contributed by atoms with Gasteiger partial charge in [0.05, 0.1) is 17.5 Å². The molecule has 10 nitrogen and oxygen atoms in total. The van der Waals surface area contributed by atoms with Gasteiger partial charge in [-0.05, 0) is 55.8 Å². The monoisotopic (exact) mass is 496 g/mol. The fraction of sp³-hybridized carbons (Fsp3) is 0.292. The minimum Gasteiger partial charge on any atom is -0.455 e. The molecule has 0 aliphatic carbocycles. The van der Waals surface area contributed by atoms with Crippen LogP contribution in [-0.2, 0) is 16.4 Å².